The molecule has 2 amide bonds. The smallest absolute Gasteiger partial charge is 0.337 e. The number of hydrazine groups is 1. The summed E-state index contributed by atoms with van der Waals surface area (Å²) in [6.45, 7) is 0. The van der Waals surface area contributed by atoms with Crippen molar-refractivity contribution in [1.29, 1.82) is 0 Å². The van der Waals surface area contributed by atoms with Crippen LogP contribution in [0.4, 0.5) is 0 Å². The maximum atomic E-state index is 12.1. The van der Waals surface area contributed by atoms with Gasteiger partial charge in [-0.3, -0.25) is 25.8 Å². The van der Waals surface area contributed by atoms with Gasteiger partial charge in [0.1, 0.15) is 0 Å². The van der Waals surface area contributed by atoms with E-state index in [1.54, 1.807) is 24.3 Å². The number of halogens is 1. The Kier molecular flexibility index (Phi) is 7.27. The Morgan fingerprint density at radius 3 is 2.15 bits per heavy atom. The molecule has 0 heterocycles. The lowest BCUT2D eigenvalue weighted by atomic mass is 10.1. The van der Waals surface area contributed by atoms with Gasteiger partial charge in [0.2, 0.25) is 5.91 Å². The number of benzene rings is 2. The molecule has 140 valence electrons. The number of carbonyl (C=O) groups excluding carboxylic acids is 3. The molecule has 9 heteroatoms. The summed E-state index contributed by atoms with van der Waals surface area (Å²) in [6.07, 6.45) is 0.121. The number of nitrogens with one attached hydrogen (secondary N) is 3. The Bertz CT molecular complexity index is 854. The number of thiocarbonyl (C=S) groups is 1. The van der Waals surface area contributed by atoms with Gasteiger partial charge < -0.3 is 4.74 Å². The van der Waals surface area contributed by atoms with Crippen LogP contribution in [0.5, 0.6) is 0 Å². The van der Waals surface area contributed by atoms with Gasteiger partial charge in [0.15, 0.2) is 5.11 Å². The minimum absolute atomic E-state index is 0.0681. The van der Waals surface area contributed by atoms with Crippen molar-refractivity contribution in [2.75, 3.05) is 7.11 Å². The summed E-state index contributed by atoms with van der Waals surface area (Å²) in [4.78, 5) is 35.3. The van der Waals surface area contributed by atoms with Crippen LogP contribution in [-0.4, -0.2) is 30.0 Å². The number of rotatable bonds is 4. The van der Waals surface area contributed by atoms with Gasteiger partial charge in [-0.05, 0) is 54.2 Å². The van der Waals surface area contributed by atoms with E-state index in [1.165, 1.54) is 31.4 Å². The van der Waals surface area contributed by atoms with Crippen molar-refractivity contribution in [2.24, 2.45) is 0 Å². The maximum Gasteiger partial charge on any atom is 0.337 e. The summed E-state index contributed by atoms with van der Waals surface area (Å²) in [5, 5.41) is 2.93. The summed E-state index contributed by atoms with van der Waals surface area (Å²) >= 11 is 10.8. The molecule has 3 N–H and O–H groups in total. The lowest BCUT2D eigenvalue weighted by Gasteiger charge is -2.11. The van der Waals surface area contributed by atoms with Crippen molar-refractivity contribution in [3.8, 4) is 0 Å². The zero-order valence-electron chi connectivity index (χ0n) is 14.2. The molecule has 0 saturated heterocycles. The highest BCUT2D eigenvalue weighted by molar-refractivity contribution is 7.80. The summed E-state index contributed by atoms with van der Waals surface area (Å²) in [7, 11) is 1.27. The van der Waals surface area contributed by atoms with Crippen LogP contribution in [0.3, 0.4) is 0 Å². The van der Waals surface area contributed by atoms with Crippen molar-refractivity contribution in [1.82, 2.24) is 16.2 Å². The second kappa shape index (κ2) is 9.65. The van der Waals surface area contributed by atoms with Crippen molar-refractivity contribution in [2.45, 2.75) is 6.42 Å². The average molecular weight is 406 g/mol. The van der Waals surface area contributed by atoms with Crippen LogP contribution in [-0.2, 0) is 16.0 Å². The first kappa shape index (κ1) is 20.3. The standard InChI is InChI=1S/C18H16ClN3O4S/c1-26-17(25)13-6-4-12(5-7-13)16(24)20-18(27)22-21-15(23)10-11-2-8-14(19)9-3-11/h2-9H,10H2,1H3,(H,21,23)(H2,20,22,24,27). The third-order valence-electron chi connectivity index (χ3n) is 3.39. The molecule has 27 heavy (non-hydrogen) atoms. The van der Waals surface area contributed by atoms with E-state index in [1.807, 2.05) is 0 Å². The number of amides is 2. The first-order valence-electron chi connectivity index (χ1n) is 7.72. The molecule has 0 radical (unpaired) electrons. The predicted molar refractivity (Wildman–Crippen MR) is 104 cm³/mol. The molecule has 0 fully saturated rings. The molecule has 0 unspecified atom stereocenters. The summed E-state index contributed by atoms with van der Waals surface area (Å²) in [6, 6.07) is 12.7. The lowest BCUT2D eigenvalue weighted by molar-refractivity contribution is -0.121. The molecule has 0 saturated carbocycles. The highest BCUT2D eigenvalue weighted by atomic mass is 35.5. The fourth-order valence-electron chi connectivity index (χ4n) is 2.04. The summed E-state index contributed by atoms with van der Waals surface area (Å²) in [5.41, 5.74) is 6.24. The molecule has 0 bridgehead atoms. The van der Waals surface area contributed by atoms with E-state index in [0.717, 1.165) is 5.56 Å². The Morgan fingerprint density at radius 2 is 1.56 bits per heavy atom. The third kappa shape index (κ3) is 6.36. The molecule has 0 aromatic heterocycles. The van der Waals surface area contributed by atoms with Gasteiger partial charge in [-0.25, -0.2) is 4.79 Å². The van der Waals surface area contributed by atoms with E-state index in [0.29, 0.717) is 16.1 Å². The van der Waals surface area contributed by atoms with E-state index < -0.39 is 11.9 Å². The molecule has 2 aromatic rings. The van der Waals surface area contributed by atoms with Gasteiger partial charge in [-0.1, -0.05) is 23.7 Å². The highest BCUT2D eigenvalue weighted by Gasteiger charge is 2.11. The first-order valence-corrected chi connectivity index (χ1v) is 8.50. The van der Waals surface area contributed by atoms with E-state index in [2.05, 4.69) is 20.9 Å². The van der Waals surface area contributed by atoms with Crippen molar-refractivity contribution in [3.63, 3.8) is 0 Å². The summed E-state index contributed by atoms with van der Waals surface area (Å²) < 4.78 is 4.59. The topological polar surface area (TPSA) is 96.5 Å². The molecule has 0 atom stereocenters. The average Bonchev–Trinajstić information content (AvgIpc) is 2.67. The summed E-state index contributed by atoms with van der Waals surface area (Å²) in [5.74, 6) is -1.32. The maximum absolute atomic E-state index is 12.1. The minimum Gasteiger partial charge on any atom is -0.465 e. The Balaban J connectivity index is 1.80. The number of hydrogen-bond donors (Lipinski definition) is 3. The van der Waals surface area contributed by atoms with Gasteiger partial charge in [0.05, 0.1) is 19.1 Å². The van der Waals surface area contributed by atoms with E-state index >= 15 is 0 Å². The van der Waals surface area contributed by atoms with Crippen LogP contribution in [0.25, 0.3) is 0 Å². The molecule has 0 aliphatic rings. The number of methoxy groups -OCH3 is 1. The van der Waals surface area contributed by atoms with Crippen LogP contribution in [0, 0.1) is 0 Å². The number of hydrogen-bond acceptors (Lipinski definition) is 5. The van der Waals surface area contributed by atoms with E-state index in [9.17, 15) is 14.4 Å². The van der Waals surface area contributed by atoms with Crippen molar-refractivity contribution in [3.05, 3.63) is 70.2 Å². The van der Waals surface area contributed by atoms with Crippen molar-refractivity contribution < 1.29 is 19.1 Å². The number of esters is 1. The van der Waals surface area contributed by atoms with Crippen LogP contribution in [0.1, 0.15) is 26.3 Å². The lowest BCUT2D eigenvalue weighted by Crippen LogP contribution is -2.48. The molecule has 0 aliphatic carbocycles. The molecule has 7 nitrogen and oxygen atoms in total. The third-order valence-corrected chi connectivity index (χ3v) is 3.84. The fraction of sp³-hybridized carbons (Fsp3) is 0.111. The molecular formula is C18H16ClN3O4S. The largest absolute Gasteiger partial charge is 0.465 e. The Hall–Kier alpha value is -2.97. The van der Waals surface area contributed by atoms with Crippen LogP contribution >= 0.6 is 23.8 Å². The highest BCUT2D eigenvalue weighted by Crippen LogP contribution is 2.09. The number of ether oxygens (including phenoxy) is 1. The Morgan fingerprint density at radius 1 is 0.963 bits per heavy atom. The van der Waals surface area contributed by atoms with Gasteiger partial charge >= 0.3 is 5.97 Å². The minimum atomic E-state index is -0.498. The monoisotopic (exact) mass is 405 g/mol. The SMILES string of the molecule is COC(=O)c1ccc(C(=O)NC(=S)NNC(=O)Cc2ccc(Cl)cc2)cc1. The van der Waals surface area contributed by atoms with Crippen LogP contribution in [0.2, 0.25) is 5.02 Å². The second-order valence-corrected chi connectivity index (χ2v) is 6.17. The second-order valence-electron chi connectivity index (χ2n) is 5.33. The van der Waals surface area contributed by atoms with Crippen LogP contribution < -0.4 is 16.2 Å². The van der Waals surface area contributed by atoms with Crippen molar-refractivity contribution >= 4 is 46.7 Å². The van der Waals surface area contributed by atoms with Crippen LogP contribution in [0.15, 0.2) is 48.5 Å². The zero-order valence-corrected chi connectivity index (χ0v) is 15.8. The zero-order chi connectivity index (χ0) is 19.8. The molecule has 0 aliphatic heterocycles. The quantitative estimate of drug-likeness (QED) is 0.409. The molecule has 2 aromatic carbocycles. The number of carbonyl (C=O) groups is 3. The first-order chi connectivity index (χ1) is 12.9. The molecule has 2 rings (SSSR count). The normalized spacial score (nSPS) is 9.85. The predicted octanol–water partition coefficient (Wildman–Crippen LogP) is 2.00. The molecular weight excluding hydrogens is 390 g/mol. The van der Waals surface area contributed by atoms with Gasteiger partial charge in [-0.2, -0.15) is 0 Å². The van der Waals surface area contributed by atoms with Gasteiger partial charge in [0, 0.05) is 10.6 Å². The van der Waals surface area contributed by atoms with E-state index in [-0.39, 0.29) is 17.4 Å². The van der Waals surface area contributed by atoms with E-state index in [4.69, 9.17) is 23.8 Å². The molecule has 0 spiro atoms. The van der Waals surface area contributed by atoms with Gasteiger partial charge in [-0.15, -0.1) is 0 Å². The Labute approximate surface area is 166 Å². The fourth-order valence-corrected chi connectivity index (χ4v) is 2.31. The van der Waals surface area contributed by atoms with Gasteiger partial charge in [0.25, 0.3) is 5.91 Å².